The average Bonchev–Trinajstić information content (AvgIpc) is 2.20. The van der Waals surface area contributed by atoms with Crippen molar-refractivity contribution in [2.75, 3.05) is 6.54 Å². The molecule has 0 saturated carbocycles. The van der Waals surface area contributed by atoms with Crippen LogP contribution in [-0.2, 0) is 4.79 Å². The summed E-state index contributed by atoms with van der Waals surface area (Å²) >= 11 is 0. The van der Waals surface area contributed by atoms with Crippen molar-refractivity contribution in [3.8, 4) is 0 Å². The van der Waals surface area contributed by atoms with Crippen LogP contribution in [0.4, 0.5) is 4.39 Å². The van der Waals surface area contributed by atoms with Crippen molar-refractivity contribution in [3.63, 3.8) is 0 Å². The third-order valence-electron chi connectivity index (χ3n) is 2.47. The van der Waals surface area contributed by atoms with Gasteiger partial charge in [-0.3, -0.25) is 4.79 Å². The van der Waals surface area contributed by atoms with Crippen molar-refractivity contribution in [2.45, 2.75) is 18.9 Å². The van der Waals surface area contributed by atoms with Gasteiger partial charge in [0.15, 0.2) is 5.78 Å². The van der Waals surface area contributed by atoms with E-state index in [0.717, 1.165) is 18.5 Å². The second kappa shape index (κ2) is 5.24. The maximum atomic E-state index is 12.6. The van der Waals surface area contributed by atoms with Crippen molar-refractivity contribution in [3.05, 3.63) is 35.6 Å². The van der Waals surface area contributed by atoms with Crippen LogP contribution in [0, 0.1) is 5.82 Å². The SMILES string of the molecule is Cl.O=C1CCCNC1c1ccc(F)cc1. The summed E-state index contributed by atoms with van der Waals surface area (Å²) in [5, 5.41) is 3.13. The highest BCUT2D eigenvalue weighted by Crippen LogP contribution is 2.19. The lowest BCUT2D eigenvalue weighted by Gasteiger charge is -2.22. The third kappa shape index (κ3) is 2.76. The topological polar surface area (TPSA) is 29.1 Å². The van der Waals surface area contributed by atoms with Crippen molar-refractivity contribution in [1.29, 1.82) is 0 Å². The van der Waals surface area contributed by atoms with E-state index in [4.69, 9.17) is 0 Å². The molecule has 15 heavy (non-hydrogen) atoms. The van der Waals surface area contributed by atoms with E-state index in [1.807, 2.05) is 0 Å². The minimum absolute atomic E-state index is 0. The Labute approximate surface area is 94.3 Å². The summed E-state index contributed by atoms with van der Waals surface area (Å²) in [5.41, 5.74) is 0.858. The fourth-order valence-corrected chi connectivity index (χ4v) is 1.73. The number of Topliss-reactive ketones (excluding diaryl/α,β-unsaturated/α-hetero) is 1. The Morgan fingerprint density at radius 1 is 1.27 bits per heavy atom. The van der Waals surface area contributed by atoms with Gasteiger partial charge in [0, 0.05) is 6.42 Å². The molecule has 1 N–H and O–H groups in total. The Kier molecular flexibility index (Phi) is 4.24. The molecule has 2 rings (SSSR count). The first-order chi connectivity index (χ1) is 6.77. The molecular weight excluding hydrogens is 217 g/mol. The molecule has 0 bridgehead atoms. The summed E-state index contributed by atoms with van der Waals surface area (Å²) < 4.78 is 12.6. The maximum Gasteiger partial charge on any atom is 0.154 e. The molecule has 0 spiro atoms. The van der Waals surface area contributed by atoms with E-state index in [2.05, 4.69) is 5.32 Å². The van der Waals surface area contributed by atoms with Gasteiger partial charge >= 0.3 is 0 Å². The molecule has 82 valence electrons. The number of hydrogen-bond acceptors (Lipinski definition) is 2. The number of nitrogens with one attached hydrogen (secondary N) is 1. The molecule has 0 aromatic heterocycles. The van der Waals surface area contributed by atoms with Crippen LogP contribution < -0.4 is 5.32 Å². The Morgan fingerprint density at radius 3 is 2.53 bits per heavy atom. The van der Waals surface area contributed by atoms with E-state index in [-0.39, 0.29) is 30.0 Å². The van der Waals surface area contributed by atoms with Crippen LogP contribution >= 0.6 is 12.4 Å². The molecule has 1 aliphatic heterocycles. The highest BCUT2D eigenvalue weighted by Gasteiger charge is 2.22. The fraction of sp³-hybridized carbons (Fsp3) is 0.364. The van der Waals surface area contributed by atoms with E-state index in [1.54, 1.807) is 12.1 Å². The number of halogens is 2. The monoisotopic (exact) mass is 229 g/mol. The van der Waals surface area contributed by atoms with Crippen LogP contribution in [0.3, 0.4) is 0 Å². The summed E-state index contributed by atoms with van der Waals surface area (Å²) in [6, 6.07) is 5.87. The normalized spacial score (nSPS) is 20.9. The second-order valence-electron chi connectivity index (χ2n) is 3.51. The third-order valence-corrected chi connectivity index (χ3v) is 2.47. The van der Waals surface area contributed by atoms with E-state index >= 15 is 0 Å². The molecule has 0 radical (unpaired) electrons. The van der Waals surface area contributed by atoms with Crippen LogP contribution in [0.15, 0.2) is 24.3 Å². The second-order valence-corrected chi connectivity index (χ2v) is 3.51. The zero-order valence-corrected chi connectivity index (χ0v) is 9.02. The minimum Gasteiger partial charge on any atom is -0.304 e. The van der Waals surface area contributed by atoms with Crippen LogP contribution in [-0.4, -0.2) is 12.3 Å². The number of benzene rings is 1. The Hall–Kier alpha value is -0.930. The highest BCUT2D eigenvalue weighted by atomic mass is 35.5. The lowest BCUT2D eigenvalue weighted by molar-refractivity contribution is -0.122. The maximum absolute atomic E-state index is 12.6. The quantitative estimate of drug-likeness (QED) is 0.800. The van der Waals surface area contributed by atoms with Crippen molar-refractivity contribution < 1.29 is 9.18 Å². The zero-order chi connectivity index (χ0) is 9.97. The van der Waals surface area contributed by atoms with Crippen LogP contribution in [0.25, 0.3) is 0 Å². The van der Waals surface area contributed by atoms with Gasteiger partial charge < -0.3 is 5.32 Å². The van der Waals surface area contributed by atoms with Gasteiger partial charge in [-0.05, 0) is 30.7 Å². The van der Waals surface area contributed by atoms with Crippen LogP contribution in [0.2, 0.25) is 0 Å². The van der Waals surface area contributed by atoms with E-state index in [1.165, 1.54) is 12.1 Å². The molecule has 1 aromatic carbocycles. The number of piperidine rings is 1. The minimum atomic E-state index is -0.267. The standard InChI is InChI=1S/C11H12FNO.ClH/c12-9-5-3-8(4-6-9)11-10(14)2-1-7-13-11;/h3-6,11,13H,1-2,7H2;1H. The van der Waals surface area contributed by atoms with Gasteiger partial charge in [-0.25, -0.2) is 4.39 Å². The first kappa shape index (κ1) is 12.1. The Bertz CT molecular complexity index is 339. The van der Waals surface area contributed by atoms with Gasteiger partial charge in [0.05, 0.1) is 6.04 Å². The predicted octanol–water partition coefficient (Wildman–Crippen LogP) is 2.24. The van der Waals surface area contributed by atoms with Gasteiger partial charge in [0.1, 0.15) is 5.82 Å². The van der Waals surface area contributed by atoms with Crippen molar-refractivity contribution in [2.24, 2.45) is 0 Å². The summed E-state index contributed by atoms with van der Waals surface area (Å²) in [4.78, 5) is 11.5. The van der Waals surface area contributed by atoms with Crippen molar-refractivity contribution >= 4 is 18.2 Å². The molecule has 0 aliphatic carbocycles. The summed E-state index contributed by atoms with van der Waals surface area (Å²) in [6.07, 6.45) is 1.52. The Morgan fingerprint density at radius 2 is 1.93 bits per heavy atom. The molecule has 1 heterocycles. The van der Waals surface area contributed by atoms with Gasteiger partial charge in [-0.15, -0.1) is 12.4 Å². The van der Waals surface area contributed by atoms with Crippen LogP contribution in [0.1, 0.15) is 24.4 Å². The zero-order valence-electron chi connectivity index (χ0n) is 8.20. The molecule has 4 heteroatoms. The molecule has 2 nitrogen and oxygen atoms in total. The lowest BCUT2D eigenvalue weighted by Crippen LogP contribution is -2.34. The van der Waals surface area contributed by atoms with E-state index in [9.17, 15) is 9.18 Å². The van der Waals surface area contributed by atoms with E-state index in [0.29, 0.717) is 6.42 Å². The number of rotatable bonds is 1. The molecule has 1 atom stereocenters. The van der Waals surface area contributed by atoms with Gasteiger partial charge in [0.2, 0.25) is 0 Å². The van der Waals surface area contributed by atoms with Crippen molar-refractivity contribution in [1.82, 2.24) is 5.32 Å². The Balaban J connectivity index is 0.00000112. The summed E-state index contributed by atoms with van der Waals surface area (Å²) in [6.45, 7) is 0.855. The first-order valence-electron chi connectivity index (χ1n) is 4.79. The summed E-state index contributed by atoms with van der Waals surface area (Å²) in [5.74, 6) is -0.0696. The molecule has 1 aliphatic rings. The summed E-state index contributed by atoms with van der Waals surface area (Å²) in [7, 11) is 0. The molecule has 1 fully saturated rings. The molecule has 1 aromatic rings. The first-order valence-corrected chi connectivity index (χ1v) is 4.79. The smallest absolute Gasteiger partial charge is 0.154 e. The largest absolute Gasteiger partial charge is 0.304 e. The predicted molar refractivity (Wildman–Crippen MR) is 58.6 cm³/mol. The van der Waals surface area contributed by atoms with E-state index < -0.39 is 0 Å². The number of hydrogen-bond donors (Lipinski definition) is 1. The van der Waals surface area contributed by atoms with Crippen LogP contribution in [0.5, 0.6) is 0 Å². The number of carbonyl (C=O) groups excluding carboxylic acids is 1. The molecular formula is C11H13ClFNO. The fourth-order valence-electron chi connectivity index (χ4n) is 1.73. The molecule has 1 saturated heterocycles. The number of carbonyl (C=O) groups is 1. The van der Waals surface area contributed by atoms with Gasteiger partial charge in [0.25, 0.3) is 0 Å². The highest BCUT2D eigenvalue weighted by molar-refractivity contribution is 5.86. The molecule has 1 unspecified atom stereocenters. The molecule has 0 amide bonds. The lowest BCUT2D eigenvalue weighted by atomic mass is 9.96. The van der Waals surface area contributed by atoms with Gasteiger partial charge in [-0.1, -0.05) is 12.1 Å². The average molecular weight is 230 g/mol. The number of ketones is 1. The van der Waals surface area contributed by atoms with Gasteiger partial charge in [-0.2, -0.15) is 0 Å².